The first-order valence-electron chi connectivity index (χ1n) is 20.5. The van der Waals surface area contributed by atoms with Gasteiger partial charge in [-0.15, -0.1) is 20.5 Å². The van der Waals surface area contributed by atoms with E-state index in [0.29, 0.717) is 16.8 Å². The number of aromatic nitrogens is 6. The predicted molar refractivity (Wildman–Crippen MR) is 269 cm³/mol. The van der Waals surface area contributed by atoms with Crippen LogP contribution in [0.1, 0.15) is 16.7 Å². The SMILES string of the molecule is Cc1ccc(N=Nc2ccc(N)cc2Nc2nc(Cl)nc(Nc3cc(S(=O)(=O)CCN(C)c4nc(Cl)nc(Nc5cc(N)ccc5N=Nc5ccc(C)cc5S(=O)(=O)O)n4)ccc3CO)n2)c(S(=O)(=O)O)c1. The highest BCUT2D eigenvalue weighted by Crippen LogP contribution is 2.36. The Bertz CT molecular complexity index is 3650. The number of nitrogens with zero attached hydrogens (tertiary/aromatic N) is 11. The fourth-order valence-corrected chi connectivity index (χ4v) is 9.44. The number of aryl methyl sites for hydroxylation is 2. The molecule has 0 amide bonds. The summed E-state index contributed by atoms with van der Waals surface area (Å²) in [4.78, 5) is 25.6. The molecule has 2 aromatic heterocycles. The number of rotatable bonds is 18. The van der Waals surface area contributed by atoms with E-state index in [4.69, 9.17) is 34.7 Å². The molecule has 10 N–H and O–H groups in total. The molecule has 0 atom stereocenters. The lowest BCUT2D eigenvalue weighted by molar-refractivity contribution is 0.282. The first-order valence-corrected chi connectivity index (χ1v) is 25.8. The summed E-state index contributed by atoms with van der Waals surface area (Å²) in [7, 11) is -11.8. The zero-order valence-corrected chi connectivity index (χ0v) is 41.6. The van der Waals surface area contributed by atoms with Gasteiger partial charge in [0, 0.05) is 36.2 Å². The van der Waals surface area contributed by atoms with Gasteiger partial charge in [-0.25, -0.2) is 8.42 Å². The van der Waals surface area contributed by atoms with Crippen molar-refractivity contribution in [2.75, 3.05) is 51.7 Å². The number of halogens is 2. The van der Waals surface area contributed by atoms with Gasteiger partial charge in [0.25, 0.3) is 20.2 Å². The van der Waals surface area contributed by atoms with E-state index in [2.05, 4.69) is 66.3 Å². The van der Waals surface area contributed by atoms with Crippen molar-refractivity contribution in [1.29, 1.82) is 0 Å². The van der Waals surface area contributed by atoms with Crippen LogP contribution in [-0.2, 0) is 36.7 Å². The summed E-state index contributed by atoms with van der Waals surface area (Å²) in [6.07, 6.45) is 0. The Morgan fingerprint density at radius 2 is 1.01 bits per heavy atom. The van der Waals surface area contributed by atoms with Gasteiger partial charge < -0.3 is 37.4 Å². The molecule has 2 heterocycles. The molecule has 0 aliphatic carbocycles. The van der Waals surface area contributed by atoms with Crippen molar-refractivity contribution in [2.24, 2.45) is 20.5 Å². The largest absolute Gasteiger partial charge is 0.399 e. The number of aliphatic hydroxyl groups excluding tert-OH is 1. The highest BCUT2D eigenvalue weighted by Gasteiger charge is 2.22. The normalized spacial score (nSPS) is 12.1. The average molecular weight is 1080 g/mol. The zero-order valence-electron chi connectivity index (χ0n) is 37.6. The summed E-state index contributed by atoms with van der Waals surface area (Å²) in [6, 6.07) is 21.4. The summed E-state index contributed by atoms with van der Waals surface area (Å²) < 4.78 is 95.3. The first-order chi connectivity index (χ1) is 33.9. The highest BCUT2D eigenvalue weighted by atomic mass is 35.5. The third-order valence-electron chi connectivity index (χ3n) is 9.95. The molecule has 0 saturated carbocycles. The van der Waals surface area contributed by atoms with Crippen LogP contribution in [0.15, 0.2) is 126 Å². The van der Waals surface area contributed by atoms with Gasteiger partial charge in [-0.05, 0) is 121 Å². The van der Waals surface area contributed by atoms with Crippen LogP contribution < -0.4 is 32.3 Å². The molecule has 7 rings (SSSR count). The fourth-order valence-electron chi connectivity index (χ4n) is 6.39. The van der Waals surface area contributed by atoms with E-state index in [9.17, 15) is 39.5 Å². The third kappa shape index (κ3) is 13.2. The lowest BCUT2D eigenvalue weighted by Gasteiger charge is -2.18. The van der Waals surface area contributed by atoms with Gasteiger partial charge in [-0.2, -0.15) is 46.7 Å². The summed E-state index contributed by atoms with van der Waals surface area (Å²) in [5.41, 5.74) is 14.6. The van der Waals surface area contributed by atoms with Gasteiger partial charge in [0.1, 0.15) is 32.5 Å². The van der Waals surface area contributed by atoms with Crippen LogP contribution in [0.25, 0.3) is 0 Å². The van der Waals surface area contributed by atoms with E-state index < -0.39 is 52.2 Å². The Labute approximate surface area is 421 Å². The van der Waals surface area contributed by atoms with Gasteiger partial charge in [0.2, 0.25) is 34.4 Å². The van der Waals surface area contributed by atoms with Gasteiger partial charge in [0.15, 0.2) is 9.84 Å². The van der Waals surface area contributed by atoms with Gasteiger partial charge in [-0.3, -0.25) is 9.11 Å². The van der Waals surface area contributed by atoms with Crippen molar-refractivity contribution in [3.63, 3.8) is 0 Å². The monoisotopic (exact) mass is 1080 g/mol. The highest BCUT2D eigenvalue weighted by molar-refractivity contribution is 7.91. The van der Waals surface area contributed by atoms with Crippen molar-refractivity contribution in [2.45, 2.75) is 35.1 Å². The van der Waals surface area contributed by atoms with Gasteiger partial charge >= 0.3 is 0 Å². The maximum atomic E-state index is 13.8. The molecule has 72 heavy (non-hydrogen) atoms. The smallest absolute Gasteiger partial charge is 0.296 e. The molecule has 0 radical (unpaired) electrons. The standard InChI is InChI=1S/C42H40Cl2N16O9S3/c1-22-4-10-30(35(16-22)71(64,65)66)58-56-28-12-7-25(45)18-33(28)48-40-51-37(43)50-39(54-40)47-32-20-27(9-6-24(32)21-61)70(62,63)15-14-60(3)42-53-38(44)52-41(55-42)49-34-19-26(46)8-13-29(34)57-59-31-11-5-23(2)17-36(31)72(67,68)69/h4-13,16-20,61H,14-15,21,45-46H2,1-3H3,(H,64,65,66)(H,67,68,69)(H,49,52,53,55)(H2,47,48,50,51,54). The minimum absolute atomic E-state index is 0.0303. The summed E-state index contributed by atoms with van der Waals surface area (Å²) in [6.45, 7) is 2.60. The summed E-state index contributed by atoms with van der Waals surface area (Å²) in [5, 5.41) is 34.8. The number of nitrogen functional groups attached to an aromatic ring is 2. The van der Waals surface area contributed by atoms with Crippen LogP contribution in [0.3, 0.4) is 0 Å². The van der Waals surface area contributed by atoms with E-state index in [0.717, 1.165) is 0 Å². The quantitative estimate of drug-likeness (QED) is 0.0228. The second-order valence-electron chi connectivity index (χ2n) is 15.4. The van der Waals surface area contributed by atoms with Crippen molar-refractivity contribution in [3.05, 3.63) is 118 Å². The van der Waals surface area contributed by atoms with Crippen molar-refractivity contribution < 1.29 is 39.5 Å². The van der Waals surface area contributed by atoms with E-state index in [-0.39, 0.29) is 96.9 Å². The Morgan fingerprint density at radius 3 is 1.50 bits per heavy atom. The second-order valence-corrected chi connectivity index (χ2v) is 21.0. The van der Waals surface area contributed by atoms with Crippen LogP contribution in [0.5, 0.6) is 0 Å². The van der Waals surface area contributed by atoms with Gasteiger partial charge in [-0.1, -0.05) is 18.2 Å². The minimum Gasteiger partial charge on any atom is -0.399 e. The summed E-state index contributed by atoms with van der Waals surface area (Å²) >= 11 is 12.6. The number of nitrogens with two attached hydrogens (primary N) is 2. The second kappa shape index (κ2) is 21.4. The number of hydrogen-bond donors (Lipinski definition) is 8. The number of anilines is 9. The zero-order chi connectivity index (χ0) is 52.1. The Balaban J connectivity index is 1.07. The molecule has 0 saturated heterocycles. The van der Waals surface area contributed by atoms with Crippen LogP contribution in [0.2, 0.25) is 10.6 Å². The van der Waals surface area contributed by atoms with Gasteiger partial charge in [0.05, 0.1) is 28.6 Å². The molecule has 0 aliphatic rings. The lowest BCUT2D eigenvalue weighted by Crippen LogP contribution is -2.27. The molecule has 0 bridgehead atoms. The molecule has 0 spiro atoms. The number of hydrogen-bond acceptors (Lipinski definition) is 23. The molecule has 30 heteroatoms. The Hall–Kier alpha value is -7.57. The number of nitrogens with one attached hydrogen (secondary N) is 3. The molecule has 374 valence electrons. The number of azo groups is 2. The molecule has 7 aromatic rings. The van der Waals surface area contributed by atoms with Crippen molar-refractivity contribution >= 4 is 128 Å². The number of sulfone groups is 1. The predicted octanol–water partition coefficient (Wildman–Crippen LogP) is 8.10. The fraction of sp³-hybridized carbons (Fsp3) is 0.143. The molecule has 0 aliphatic heterocycles. The van der Waals surface area contributed by atoms with E-state index in [1.165, 1.54) is 90.8 Å². The van der Waals surface area contributed by atoms with Crippen LogP contribution in [0, 0.1) is 13.8 Å². The Kier molecular flexibility index (Phi) is 15.5. The van der Waals surface area contributed by atoms with E-state index in [1.54, 1.807) is 26.0 Å². The maximum absolute atomic E-state index is 13.8. The van der Waals surface area contributed by atoms with Crippen LogP contribution in [0.4, 0.5) is 75.0 Å². The maximum Gasteiger partial charge on any atom is 0.296 e. The van der Waals surface area contributed by atoms with Crippen molar-refractivity contribution in [1.82, 2.24) is 29.9 Å². The van der Waals surface area contributed by atoms with Crippen LogP contribution in [-0.4, -0.2) is 88.7 Å². The topological polar surface area (TPSA) is 381 Å². The Morgan fingerprint density at radius 1 is 0.569 bits per heavy atom. The van der Waals surface area contributed by atoms with E-state index in [1.807, 2.05) is 0 Å². The molecule has 25 nitrogen and oxygen atoms in total. The average Bonchev–Trinajstić information content (AvgIpc) is 3.30. The lowest BCUT2D eigenvalue weighted by atomic mass is 10.2. The molecular formula is C42H40Cl2N16O9S3. The molecule has 0 unspecified atom stereocenters. The first kappa shape index (κ1) is 52.3. The van der Waals surface area contributed by atoms with Crippen LogP contribution >= 0.6 is 23.2 Å². The molecular weight excluding hydrogens is 1040 g/mol. The van der Waals surface area contributed by atoms with Crippen molar-refractivity contribution in [3.8, 4) is 0 Å². The minimum atomic E-state index is -4.64. The summed E-state index contributed by atoms with van der Waals surface area (Å²) in [5.74, 6) is -0.914. The molecule has 0 fully saturated rings. The third-order valence-corrected chi connectivity index (χ3v) is 13.7. The number of aliphatic hydroxyl groups is 1. The van der Waals surface area contributed by atoms with E-state index >= 15 is 0 Å². The number of benzene rings is 5. The molecule has 5 aromatic carbocycles.